The van der Waals surface area contributed by atoms with Crippen molar-refractivity contribution in [3.8, 4) is 0 Å². The fourth-order valence-electron chi connectivity index (χ4n) is 4.40. The van der Waals surface area contributed by atoms with E-state index in [1.54, 1.807) is 29.2 Å². The first-order valence-electron chi connectivity index (χ1n) is 10.4. The summed E-state index contributed by atoms with van der Waals surface area (Å²) < 4.78 is 0. The first kappa shape index (κ1) is 18.8. The third kappa shape index (κ3) is 3.98. The van der Waals surface area contributed by atoms with Crippen molar-refractivity contribution < 1.29 is 14.4 Å². The van der Waals surface area contributed by atoms with Gasteiger partial charge >= 0.3 is 6.03 Å². The minimum atomic E-state index is -0.148. The van der Waals surface area contributed by atoms with Gasteiger partial charge in [0.05, 0.1) is 0 Å². The van der Waals surface area contributed by atoms with Gasteiger partial charge in [-0.3, -0.25) is 9.59 Å². The van der Waals surface area contributed by atoms with Crippen LogP contribution in [0.15, 0.2) is 24.3 Å². The highest BCUT2D eigenvalue weighted by Gasteiger charge is 2.36. The number of nitrogens with one attached hydrogen (secondary N) is 1. The molecule has 0 aromatic heterocycles. The summed E-state index contributed by atoms with van der Waals surface area (Å²) in [5, 5.41) is 2.92. The molecule has 4 amide bonds. The number of piperazine rings is 1. The molecule has 4 rings (SSSR count). The van der Waals surface area contributed by atoms with Gasteiger partial charge in [-0.15, -0.1) is 0 Å². The summed E-state index contributed by atoms with van der Waals surface area (Å²) in [6.45, 7) is 3.41. The van der Waals surface area contributed by atoms with Crippen LogP contribution in [0.3, 0.4) is 0 Å². The average molecular weight is 384 g/mol. The van der Waals surface area contributed by atoms with Crippen LogP contribution in [-0.4, -0.2) is 71.3 Å². The van der Waals surface area contributed by atoms with E-state index in [9.17, 15) is 14.4 Å². The molecule has 1 aromatic carbocycles. The molecule has 3 aliphatic rings. The Hall–Kier alpha value is -2.57. The molecule has 1 N–H and O–H groups in total. The number of amides is 4. The minimum absolute atomic E-state index is 0.0711. The van der Waals surface area contributed by atoms with Crippen LogP contribution in [-0.2, 0) is 4.79 Å². The molecule has 3 fully saturated rings. The van der Waals surface area contributed by atoms with Crippen LogP contribution in [0.25, 0.3) is 0 Å². The van der Waals surface area contributed by atoms with Gasteiger partial charge < -0.3 is 20.0 Å². The van der Waals surface area contributed by atoms with Gasteiger partial charge in [0.25, 0.3) is 5.91 Å². The fourth-order valence-corrected chi connectivity index (χ4v) is 4.40. The second kappa shape index (κ2) is 8.20. The molecule has 3 saturated heterocycles. The van der Waals surface area contributed by atoms with Gasteiger partial charge in [0, 0.05) is 56.4 Å². The normalized spacial score (nSPS) is 22.6. The molecule has 0 saturated carbocycles. The van der Waals surface area contributed by atoms with Gasteiger partial charge in [0.2, 0.25) is 5.91 Å². The monoisotopic (exact) mass is 384 g/mol. The highest BCUT2D eigenvalue weighted by Crippen LogP contribution is 2.23. The standard InChI is InChI=1S/C21H28N4O3/c26-19-10-9-18-15-24(13-14-25(18)19)21(28)22-17-7-5-16(6-8-17)20(27)23-11-3-1-2-4-12-23/h5-8,18H,1-4,9-15H2,(H,22,28). The number of hydrogen-bond acceptors (Lipinski definition) is 3. The number of likely N-dealkylation sites (tertiary alicyclic amines) is 1. The number of fused-ring (bicyclic) bond motifs is 1. The van der Waals surface area contributed by atoms with Crippen LogP contribution in [0.2, 0.25) is 0 Å². The smallest absolute Gasteiger partial charge is 0.321 e. The Bertz CT molecular complexity index is 741. The number of nitrogens with zero attached hydrogens (tertiary/aromatic N) is 3. The Morgan fingerprint density at radius 3 is 2.32 bits per heavy atom. The fraction of sp³-hybridized carbons (Fsp3) is 0.571. The largest absolute Gasteiger partial charge is 0.339 e. The molecule has 0 aliphatic carbocycles. The maximum absolute atomic E-state index is 12.7. The predicted octanol–water partition coefficient (Wildman–Crippen LogP) is 2.54. The summed E-state index contributed by atoms with van der Waals surface area (Å²) in [6.07, 6.45) is 5.94. The van der Waals surface area contributed by atoms with Crippen molar-refractivity contribution >= 4 is 23.5 Å². The Morgan fingerprint density at radius 1 is 0.893 bits per heavy atom. The van der Waals surface area contributed by atoms with Gasteiger partial charge in [-0.2, -0.15) is 0 Å². The molecule has 7 nitrogen and oxygen atoms in total. The second-order valence-corrected chi connectivity index (χ2v) is 7.94. The number of carbonyl (C=O) groups is 3. The van der Waals surface area contributed by atoms with E-state index < -0.39 is 0 Å². The van der Waals surface area contributed by atoms with Crippen molar-refractivity contribution in [3.05, 3.63) is 29.8 Å². The average Bonchev–Trinajstić information content (AvgIpc) is 2.92. The van der Waals surface area contributed by atoms with Crippen molar-refractivity contribution in [2.24, 2.45) is 0 Å². The third-order valence-electron chi connectivity index (χ3n) is 6.06. The van der Waals surface area contributed by atoms with Crippen LogP contribution in [0, 0.1) is 0 Å². The van der Waals surface area contributed by atoms with Crippen LogP contribution in [0.4, 0.5) is 10.5 Å². The predicted molar refractivity (Wildman–Crippen MR) is 106 cm³/mol. The van der Waals surface area contributed by atoms with Gasteiger partial charge in [-0.05, 0) is 43.5 Å². The number of hydrogen-bond donors (Lipinski definition) is 1. The lowest BCUT2D eigenvalue weighted by atomic mass is 10.1. The van der Waals surface area contributed by atoms with Crippen LogP contribution < -0.4 is 5.32 Å². The first-order chi connectivity index (χ1) is 13.6. The van der Waals surface area contributed by atoms with Gasteiger partial charge in [0.15, 0.2) is 0 Å². The Kier molecular flexibility index (Phi) is 5.50. The highest BCUT2D eigenvalue weighted by atomic mass is 16.2. The van der Waals surface area contributed by atoms with Gasteiger partial charge in [-0.25, -0.2) is 4.79 Å². The lowest BCUT2D eigenvalue weighted by Crippen LogP contribution is -2.54. The van der Waals surface area contributed by atoms with Crippen LogP contribution in [0.5, 0.6) is 0 Å². The van der Waals surface area contributed by atoms with Crippen molar-refractivity contribution in [2.75, 3.05) is 38.0 Å². The van der Waals surface area contributed by atoms with E-state index in [1.165, 1.54) is 12.8 Å². The van der Waals surface area contributed by atoms with Crippen LogP contribution in [0.1, 0.15) is 48.9 Å². The van der Waals surface area contributed by atoms with E-state index >= 15 is 0 Å². The summed E-state index contributed by atoms with van der Waals surface area (Å²) in [4.78, 5) is 42.6. The number of anilines is 1. The third-order valence-corrected chi connectivity index (χ3v) is 6.06. The van der Waals surface area contributed by atoms with E-state index in [2.05, 4.69) is 5.32 Å². The molecule has 1 aromatic rings. The van der Waals surface area contributed by atoms with Crippen molar-refractivity contribution in [1.82, 2.24) is 14.7 Å². The zero-order valence-electron chi connectivity index (χ0n) is 16.2. The molecule has 150 valence electrons. The van der Waals surface area contributed by atoms with Gasteiger partial charge in [-0.1, -0.05) is 12.8 Å². The molecular weight excluding hydrogens is 356 g/mol. The molecule has 0 radical (unpaired) electrons. The zero-order valence-corrected chi connectivity index (χ0v) is 16.2. The quantitative estimate of drug-likeness (QED) is 0.852. The zero-order chi connectivity index (χ0) is 19.5. The summed E-state index contributed by atoms with van der Waals surface area (Å²) in [7, 11) is 0. The Balaban J connectivity index is 1.33. The van der Waals surface area contributed by atoms with Gasteiger partial charge in [0.1, 0.15) is 0 Å². The van der Waals surface area contributed by atoms with Crippen molar-refractivity contribution in [3.63, 3.8) is 0 Å². The number of benzene rings is 1. The summed E-state index contributed by atoms with van der Waals surface area (Å²) in [5.74, 6) is 0.275. The van der Waals surface area contributed by atoms with E-state index in [1.807, 2.05) is 9.80 Å². The number of carbonyl (C=O) groups excluding carboxylic acids is 3. The van der Waals surface area contributed by atoms with E-state index in [4.69, 9.17) is 0 Å². The van der Waals surface area contributed by atoms with E-state index in [0.717, 1.165) is 32.4 Å². The van der Waals surface area contributed by atoms with E-state index in [0.29, 0.717) is 37.3 Å². The SMILES string of the molecule is O=C(Nc1ccc(C(=O)N2CCCCCC2)cc1)N1CCN2C(=O)CCC2C1. The maximum atomic E-state index is 12.7. The maximum Gasteiger partial charge on any atom is 0.321 e. The first-order valence-corrected chi connectivity index (χ1v) is 10.4. The lowest BCUT2D eigenvalue weighted by molar-refractivity contribution is -0.130. The summed E-state index contributed by atoms with van der Waals surface area (Å²) in [5.41, 5.74) is 1.35. The Labute approximate surface area is 165 Å². The topological polar surface area (TPSA) is 73.0 Å². The minimum Gasteiger partial charge on any atom is -0.339 e. The van der Waals surface area contributed by atoms with Crippen LogP contribution >= 0.6 is 0 Å². The van der Waals surface area contributed by atoms with E-state index in [-0.39, 0.29) is 23.9 Å². The molecule has 0 spiro atoms. The molecule has 1 atom stereocenters. The molecule has 7 heteroatoms. The molecule has 28 heavy (non-hydrogen) atoms. The number of rotatable bonds is 2. The highest BCUT2D eigenvalue weighted by molar-refractivity contribution is 5.95. The Morgan fingerprint density at radius 2 is 1.61 bits per heavy atom. The molecule has 3 heterocycles. The van der Waals surface area contributed by atoms with Crippen molar-refractivity contribution in [1.29, 1.82) is 0 Å². The molecule has 1 unspecified atom stereocenters. The summed E-state index contributed by atoms with van der Waals surface area (Å²) >= 11 is 0. The van der Waals surface area contributed by atoms with Crippen molar-refractivity contribution in [2.45, 2.75) is 44.6 Å². The molecule has 3 aliphatic heterocycles. The number of urea groups is 1. The summed E-state index contributed by atoms with van der Waals surface area (Å²) in [6, 6.07) is 7.16. The molecular formula is C21H28N4O3. The molecule has 0 bridgehead atoms. The second-order valence-electron chi connectivity index (χ2n) is 7.94. The lowest BCUT2D eigenvalue weighted by Gasteiger charge is -2.37.